The van der Waals surface area contributed by atoms with Crippen LogP contribution in [0.15, 0.2) is 46.9 Å². The summed E-state index contributed by atoms with van der Waals surface area (Å²) in [5.41, 5.74) is 1.23. The second-order valence-corrected chi connectivity index (χ2v) is 10.7. The molecule has 1 saturated carbocycles. The van der Waals surface area contributed by atoms with E-state index in [1.165, 1.54) is 12.1 Å². The highest BCUT2D eigenvalue weighted by molar-refractivity contribution is 9.10. The topological polar surface area (TPSA) is 79.4 Å². The summed E-state index contributed by atoms with van der Waals surface area (Å²) in [6, 6.07) is 12.6. The number of hydrogen-bond donors (Lipinski definition) is 2. The number of carbonyl (C=O) groups excluding carboxylic acids is 1. The molecule has 3 aromatic rings. The molecule has 0 atom stereocenters. The zero-order valence-electron chi connectivity index (χ0n) is 21.3. The van der Waals surface area contributed by atoms with Crippen molar-refractivity contribution < 1.29 is 22.7 Å². The molecule has 0 aliphatic heterocycles. The lowest BCUT2D eigenvalue weighted by Gasteiger charge is -2.29. The first-order valence-electron chi connectivity index (χ1n) is 12.6. The van der Waals surface area contributed by atoms with Gasteiger partial charge in [0.05, 0.1) is 5.52 Å². The van der Waals surface area contributed by atoms with Gasteiger partial charge in [-0.1, -0.05) is 34.1 Å². The molecule has 204 valence electrons. The van der Waals surface area contributed by atoms with Crippen molar-refractivity contribution in [3.63, 3.8) is 0 Å². The van der Waals surface area contributed by atoms with Gasteiger partial charge >= 0.3 is 6.36 Å². The Labute approximate surface area is 228 Å². The maximum Gasteiger partial charge on any atom is 0.573 e. The molecular weight excluding hydrogens is 563 g/mol. The zero-order valence-corrected chi connectivity index (χ0v) is 22.9. The average Bonchev–Trinajstić information content (AvgIpc) is 2.86. The van der Waals surface area contributed by atoms with Crippen molar-refractivity contribution in [2.75, 3.05) is 30.9 Å². The number of rotatable bonds is 9. The summed E-state index contributed by atoms with van der Waals surface area (Å²) in [4.78, 5) is 23.8. The van der Waals surface area contributed by atoms with E-state index in [0.717, 1.165) is 42.4 Å². The quantitative estimate of drug-likeness (QED) is 0.313. The van der Waals surface area contributed by atoms with Crippen LogP contribution in [0.5, 0.6) is 5.75 Å². The summed E-state index contributed by atoms with van der Waals surface area (Å²) in [6.45, 7) is 0.551. The number of carbonyl (C=O) groups is 1. The van der Waals surface area contributed by atoms with Crippen molar-refractivity contribution >= 4 is 44.5 Å². The number of fused-ring (bicyclic) bond motifs is 1. The van der Waals surface area contributed by atoms with E-state index in [4.69, 9.17) is 4.98 Å². The highest BCUT2D eigenvalue weighted by Gasteiger charge is 2.32. The minimum Gasteiger partial charge on any atom is -0.405 e. The van der Waals surface area contributed by atoms with Gasteiger partial charge in [0.15, 0.2) is 0 Å². The fraction of sp³-hybridized carbons (Fsp3) is 0.444. The van der Waals surface area contributed by atoms with Gasteiger partial charge in [-0.2, -0.15) is 4.98 Å². The molecule has 1 aliphatic rings. The van der Waals surface area contributed by atoms with E-state index in [9.17, 15) is 18.0 Å². The third kappa shape index (κ3) is 7.72. The van der Waals surface area contributed by atoms with E-state index in [-0.39, 0.29) is 30.5 Å². The number of halogens is 4. The molecular formula is C27H31BrF3N5O2. The molecule has 0 unspecified atom stereocenters. The van der Waals surface area contributed by atoms with Crippen LogP contribution in [-0.2, 0) is 11.2 Å². The lowest BCUT2D eigenvalue weighted by atomic mass is 9.86. The van der Waals surface area contributed by atoms with E-state index >= 15 is 0 Å². The summed E-state index contributed by atoms with van der Waals surface area (Å²) in [5, 5.41) is 7.44. The van der Waals surface area contributed by atoms with Gasteiger partial charge in [-0.05, 0) is 67.9 Å². The molecule has 2 N–H and O–H groups in total. The van der Waals surface area contributed by atoms with Crippen LogP contribution in [0.2, 0.25) is 0 Å². The van der Waals surface area contributed by atoms with Crippen LogP contribution in [0, 0.1) is 5.92 Å². The minimum absolute atomic E-state index is 0.0836. The monoisotopic (exact) mass is 593 g/mol. The van der Waals surface area contributed by atoms with E-state index in [1.807, 2.05) is 43.3 Å². The molecule has 38 heavy (non-hydrogen) atoms. The average molecular weight is 594 g/mol. The molecule has 1 fully saturated rings. The SMILES string of the molecule is CN(C)c1nc(NC2CCC(CNC(=O)CCc3ccc(Br)cc3OC(F)(F)F)CC2)nc2ccccc12. The Morgan fingerprint density at radius 3 is 2.55 bits per heavy atom. The Bertz CT molecular complexity index is 1260. The molecule has 1 aromatic heterocycles. The first-order chi connectivity index (χ1) is 18.1. The Balaban J connectivity index is 1.24. The Morgan fingerprint density at radius 1 is 1.11 bits per heavy atom. The maximum atomic E-state index is 12.7. The number of hydrogen-bond acceptors (Lipinski definition) is 6. The number of aromatic nitrogens is 2. The van der Waals surface area contributed by atoms with Crippen LogP contribution in [0.25, 0.3) is 10.9 Å². The number of amides is 1. The van der Waals surface area contributed by atoms with Crippen molar-refractivity contribution in [2.45, 2.75) is 50.9 Å². The second kappa shape index (κ2) is 12.2. The first-order valence-corrected chi connectivity index (χ1v) is 13.4. The highest BCUT2D eigenvalue weighted by atomic mass is 79.9. The number of benzene rings is 2. The normalized spacial score (nSPS) is 17.7. The fourth-order valence-corrected chi connectivity index (χ4v) is 5.05. The highest BCUT2D eigenvalue weighted by Crippen LogP contribution is 2.31. The summed E-state index contributed by atoms with van der Waals surface area (Å²) >= 11 is 3.15. The number of para-hydroxylation sites is 1. The van der Waals surface area contributed by atoms with Gasteiger partial charge in [-0.3, -0.25) is 4.79 Å². The number of ether oxygens (including phenoxy) is 1. The molecule has 11 heteroatoms. The van der Waals surface area contributed by atoms with Gasteiger partial charge in [-0.25, -0.2) is 4.98 Å². The van der Waals surface area contributed by atoms with Crippen molar-refractivity contribution in [3.8, 4) is 5.75 Å². The van der Waals surface area contributed by atoms with Gasteiger partial charge < -0.3 is 20.3 Å². The molecule has 2 aromatic carbocycles. The first kappa shape index (κ1) is 27.9. The smallest absolute Gasteiger partial charge is 0.405 e. The summed E-state index contributed by atoms with van der Waals surface area (Å²) in [6.07, 6.45) is -0.788. The van der Waals surface area contributed by atoms with Crippen molar-refractivity contribution in [1.29, 1.82) is 0 Å². The van der Waals surface area contributed by atoms with Crippen LogP contribution in [0.4, 0.5) is 24.9 Å². The Kier molecular flexibility index (Phi) is 8.96. The largest absolute Gasteiger partial charge is 0.573 e. The van der Waals surface area contributed by atoms with Crippen molar-refractivity contribution in [3.05, 3.63) is 52.5 Å². The second-order valence-electron chi connectivity index (χ2n) is 9.75. The van der Waals surface area contributed by atoms with Gasteiger partial charge in [0.25, 0.3) is 0 Å². The van der Waals surface area contributed by atoms with E-state index in [2.05, 4.69) is 36.3 Å². The fourth-order valence-electron chi connectivity index (χ4n) is 4.71. The molecule has 7 nitrogen and oxygen atoms in total. The Hall–Kier alpha value is -3.08. The molecule has 0 spiro atoms. The molecule has 4 rings (SSSR count). The molecule has 0 saturated heterocycles. The standard InChI is InChI=1S/C27H31BrF3N5O2/c1-36(2)25-21-5-3-4-6-22(21)34-26(35-25)33-20-12-7-17(8-13-20)16-32-24(37)14-10-18-9-11-19(28)15-23(18)38-27(29,30)31/h3-6,9,11,15,17,20H,7-8,10,12-14,16H2,1-2H3,(H,32,37)(H,33,34,35). The molecule has 1 heterocycles. The lowest BCUT2D eigenvalue weighted by Crippen LogP contribution is -2.34. The lowest BCUT2D eigenvalue weighted by molar-refractivity contribution is -0.274. The number of nitrogens with one attached hydrogen (secondary N) is 2. The van der Waals surface area contributed by atoms with E-state index in [1.54, 1.807) is 6.07 Å². The summed E-state index contributed by atoms with van der Waals surface area (Å²) < 4.78 is 42.7. The van der Waals surface area contributed by atoms with E-state index < -0.39 is 6.36 Å². The third-order valence-electron chi connectivity index (χ3n) is 6.65. The summed E-state index contributed by atoms with van der Waals surface area (Å²) in [5.74, 6) is 1.36. The number of alkyl halides is 3. The summed E-state index contributed by atoms with van der Waals surface area (Å²) in [7, 11) is 3.93. The van der Waals surface area contributed by atoms with E-state index in [0.29, 0.717) is 28.4 Å². The molecule has 0 bridgehead atoms. The van der Waals surface area contributed by atoms with Gasteiger partial charge in [-0.15, -0.1) is 13.2 Å². The molecule has 1 aliphatic carbocycles. The van der Waals surface area contributed by atoms with Gasteiger partial charge in [0.2, 0.25) is 11.9 Å². The van der Waals surface area contributed by atoms with Crippen LogP contribution < -0.4 is 20.3 Å². The van der Waals surface area contributed by atoms with Gasteiger partial charge in [0, 0.05) is 43.0 Å². The van der Waals surface area contributed by atoms with Crippen LogP contribution in [-0.4, -0.2) is 48.9 Å². The predicted molar refractivity (Wildman–Crippen MR) is 145 cm³/mol. The zero-order chi connectivity index (χ0) is 27.3. The molecule has 0 radical (unpaired) electrons. The van der Waals surface area contributed by atoms with Gasteiger partial charge in [0.1, 0.15) is 11.6 Å². The Morgan fingerprint density at radius 2 is 1.84 bits per heavy atom. The van der Waals surface area contributed by atoms with Crippen LogP contribution >= 0.6 is 15.9 Å². The van der Waals surface area contributed by atoms with Crippen molar-refractivity contribution in [1.82, 2.24) is 15.3 Å². The predicted octanol–water partition coefficient (Wildman–Crippen LogP) is 6.08. The van der Waals surface area contributed by atoms with Crippen LogP contribution in [0.3, 0.4) is 0 Å². The number of aryl methyl sites for hydroxylation is 1. The third-order valence-corrected chi connectivity index (χ3v) is 7.14. The molecule has 1 amide bonds. The number of anilines is 2. The van der Waals surface area contributed by atoms with Crippen molar-refractivity contribution in [2.24, 2.45) is 5.92 Å². The minimum atomic E-state index is -4.79. The number of nitrogens with zero attached hydrogens (tertiary/aromatic N) is 3. The van der Waals surface area contributed by atoms with Crippen LogP contribution in [0.1, 0.15) is 37.7 Å². The maximum absolute atomic E-state index is 12.7.